The summed E-state index contributed by atoms with van der Waals surface area (Å²) in [5, 5.41) is 0. The zero-order valence-electron chi connectivity index (χ0n) is 11.9. The Balaban J connectivity index is 2.36. The average Bonchev–Trinajstić information content (AvgIpc) is 2.82. The molecule has 1 fully saturated rings. The fourth-order valence-corrected chi connectivity index (χ4v) is 2.57. The summed E-state index contributed by atoms with van der Waals surface area (Å²) in [5.74, 6) is -0.754. The molecule has 1 heterocycles. The van der Waals surface area contributed by atoms with Crippen LogP contribution in [0.4, 0.5) is 18.9 Å². The summed E-state index contributed by atoms with van der Waals surface area (Å²) in [6, 6.07) is 3.83. The maximum atomic E-state index is 12.8. The van der Waals surface area contributed by atoms with Crippen LogP contribution in [0.5, 0.6) is 0 Å². The summed E-state index contributed by atoms with van der Waals surface area (Å²) < 4.78 is 38.3. The van der Waals surface area contributed by atoms with E-state index in [1.165, 1.54) is 35.1 Å². The lowest BCUT2D eigenvalue weighted by molar-refractivity contribution is -0.137. The van der Waals surface area contributed by atoms with Crippen LogP contribution in [0.25, 0.3) is 0 Å². The van der Waals surface area contributed by atoms with E-state index in [-0.39, 0.29) is 18.2 Å². The van der Waals surface area contributed by atoms with Crippen LogP contribution < -0.4 is 4.90 Å². The number of nitrogens with zero attached hydrogens (tertiary/aromatic N) is 2. The number of benzene rings is 1. The van der Waals surface area contributed by atoms with Crippen LogP contribution >= 0.6 is 0 Å². The molecule has 0 aromatic heterocycles. The number of amides is 2. The molecule has 0 radical (unpaired) electrons. The summed E-state index contributed by atoms with van der Waals surface area (Å²) in [6.45, 7) is 3.81. The third-order valence-electron chi connectivity index (χ3n) is 3.71. The second-order valence-electron chi connectivity index (χ2n) is 5.11. The van der Waals surface area contributed by atoms with Crippen LogP contribution in [0.2, 0.25) is 0 Å². The molecule has 2 atom stereocenters. The third kappa shape index (κ3) is 2.84. The predicted molar refractivity (Wildman–Crippen MR) is 75.1 cm³/mol. The first-order chi connectivity index (χ1) is 10.3. The van der Waals surface area contributed by atoms with E-state index in [0.717, 1.165) is 12.1 Å². The van der Waals surface area contributed by atoms with Gasteiger partial charge in [-0.1, -0.05) is 12.1 Å². The number of carbonyl (C=O) groups is 2. The maximum Gasteiger partial charge on any atom is 0.416 e. The molecule has 2 rings (SSSR count). The van der Waals surface area contributed by atoms with Crippen LogP contribution in [0.15, 0.2) is 36.9 Å². The van der Waals surface area contributed by atoms with Crippen molar-refractivity contribution in [3.05, 3.63) is 42.5 Å². The van der Waals surface area contributed by atoms with Crippen LogP contribution in [0.1, 0.15) is 5.56 Å². The van der Waals surface area contributed by atoms with Gasteiger partial charge in [-0.2, -0.15) is 13.2 Å². The zero-order chi connectivity index (χ0) is 16.5. The summed E-state index contributed by atoms with van der Waals surface area (Å²) in [4.78, 5) is 25.8. The minimum absolute atomic E-state index is 0.161. The molecule has 118 valence electrons. The van der Waals surface area contributed by atoms with E-state index in [0.29, 0.717) is 6.41 Å². The van der Waals surface area contributed by atoms with Crippen molar-refractivity contribution in [2.75, 3.05) is 18.5 Å². The summed E-state index contributed by atoms with van der Waals surface area (Å²) in [5.41, 5.74) is -0.659. The van der Waals surface area contributed by atoms with E-state index in [4.69, 9.17) is 0 Å². The van der Waals surface area contributed by atoms with Crippen molar-refractivity contribution in [2.24, 2.45) is 5.92 Å². The Bertz CT molecular complexity index is 601. The molecule has 0 saturated carbocycles. The van der Waals surface area contributed by atoms with Crippen LogP contribution in [-0.4, -0.2) is 36.9 Å². The number of carbonyl (C=O) groups excluding carboxylic acids is 2. The lowest BCUT2D eigenvalue weighted by Crippen LogP contribution is -2.41. The summed E-state index contributed by atoms with van der Waals surface area (Å²) in [6.07, 6.45) is -2.42. The van der Waals surface area contributed by atoms with Crippen LogP contribution in [0.3, 0.4) is 0 Å². The highest BCUT2D eigenvalue weighted by Gasteiger charge is 2.42. The van der Waals surface area contributed by atoms with E-state index in [2.05, 4.69) is 6.58 Å². The van der Waals surface area contributed by atoms with Gasteiger partial charge in [0.25, 0.3) is 0 Å². The highest BCUT2D eigenvalue weighted by atomic mass is 19.4. The van der Waals surface area contributed by atoms with Crippen molar-refractivity contribution in [1.82, 2.24) is 4.90 Å². The normalized spacial score (nSPS) is 21.8. The second-order valence-corrected chi connectivity index (χ2v) is 5.11. The first kappa shape index (κ1) is 16.1. The third-order valence-corrected chi connectivity index (χ3v) is 3.71. The Morgan fingerprint density at radius 3 is 2.64 bits per heavy atom. The average molecular weight is 312 g/mol. The predicted octanol–water partition coefficient (Wildman–Crippen LogP) is 2.31. The number of hydrogen-bond donors (Lipinski definition) is 0. The number of alkyl halides is 3. The topological polar surface area (TPSA) is 40.6 Å². The molecule has 2 amide bonds. The number of rotatable bonds is 4. The summed E-state index contributed by atoms with van der Waals surface area (Å²) >= 11 is 0. The van der Waals surface area contributed by atoms with Gasteiger partial charge in [-0.05, 0) is 18.2 Å². The first-order valence-electron chi connectivity index (χ1n) is 6.58. The Hall–Kier alpha value is -2.31. The van der Waals surface area contributed by atoms with Crippen molar-refractivity contribution in [1.29, 1.82) is 0 Å². The van der Waals surface area contributed by atoms with Gasteiger partial charge < -0.3 is 9.80 Å². The van der Waals surface area contributed by atoms with Crippen molar-refractivity contribution < 1.29 is 22.8 Å². The van der Waals surface area contributed by atoms with Crippen LogP contribution in [0, 0.1) is 5.92 Å². The molecule has 0 bridgehead atoms. The molecule has 1 saturated heterocycles. The van der Waals surface area contributed by atoms with E-state index in [1.54, 1.807) is 0 Å². The molecule has 7 heteroatoms. The Kier molecular flexibility index (Phi) is 4.25. The minimum atomic E-state index is -4.48. The Morgan fingerprint density at radius 1 is 1.41 bits per heavy atom. The standard InChI is InChI=1S/C15H15F3N2O2/c1-3-10-8-20(14(22)13(10)19(2)9-21)12-6-4-5-11(7-12)15(16,17)18/h3-7,9-10,13H,1,8H2,2H3. The molecular formula is C15H15F3N2O2. The molecule has 4 nitrogen and oxygen atoms in total. The van der Waals surface area contributed by atoms with Gasteiger partial charge in [0.15, 0.2) is 0 Å². The van der Waals surface area contributed by atoms with E-state index in [9.17, 15) is 22.8 Å². The minimum Gasteiger partial charge on any atom is -0.336 e. The van der Waals surface area contributed by atoms with Gasteiger partial charge >= 0.3 is 6.18 Å². The van der Waals surface area contributed by atoms with Gasteiger partial charge in [0.05, 0.1) is 5.56 Å². The smallest absolute Gasteiger partial charge is 0.336 e. The highest BCUT2D eigenvalue weighted by molar-refractivity contribution is 6.01. The highest BCUT2D eigenvalue weighted by Crippen LogP contribution is 2.34. The van der Waals surface area contributed by atoms with Gasteiger partial charge in [-0.25, -0.2) is 0 Å². The van der Waals surface area contributed by atoms with Gasteiger partial charge in [0.1, 0.15) is 6.04 Å². The molecule has 22 heavy (non-hydrogen) atoms. The van der Waals surface area contributed by atoms with Crippen molar-refractivity contribution >= 4 is 18.0 Å². The Labute approximate surface area is 125 Å². The maximum absolute atomic E-state index is 12.8. The van der Waals surface area contributed by atoms with Gasteiger partial charge in [0, 0.05) is 25.2 Å². The van der Waals surface area contributed by atoms with Crippen LogP contribution in [-0.2, 0) is 15.8 Å². The number of likely N-dealkylation sites (N-methyl/N-ethyl adjacent to an activating group) is 1. The number of halogens is 3. The molecule has 0 spiro atoms. The van der Waals surface area contributed by atoms with Crippen molar-refractivity contribution in [3.63, 3.8) is 0 Å². The Morgan fingerprint density at radius 2 is 2.09 bits per heavy atom. The zero-order valence-corrected chi connectivity index (χ0v) is 11.9. The number of hydrogen-bond acceptors (Lipinski definition) is 2. The molecule has 0 N–H and O–H groups in total. The molecule has 1 aliphatic heterocycles. The van der Waals surface area contributed by atoms with Gasteiger partial charge in [0.2, 0.25) is 12.3 Å². The van der Waals surface area contributed by atoms with E-state index >= 15 is 0 Å². The molecule has 1 aliphatic rings. The fraction of sp³-hybridized carbons (Fsp3) is 0.333. The first-order valence-corrected chi connectivity index (χ1v) is 6.58. The largest absolute Gasteiger partial charge is 0.416 e. The van der Waals surface area contributed by atoms with Gasteiger partial charge in [-0.15, -0.1) is 6.58 Å². The fourth-order valence-electron chi connectivity index (χ4n) is 2.57. The monoisotopic (exact) mass is 312 g/mol. The molecule has 1 aromatic rings. The molecule has 2 unspecified atom stereocenters. The second kappa shape index (κ2) is 5.82. The van der Waals surface area contributed by atoms with E-state index < -0.39 is 23.7 Å². The van der Waals surface area contributed by atoms with E-state index in [1.807, 2.05) is 0 Å². The lowest BCUT2D eigenvalue weighted by Gasteiger charge is -2.22. The molecule has 0 aliphatic carbocycles. The SMILES string of the molecule is C=CC1CN(c2cccc(C(F)(F)F)c2)C(=O)C1N(C)C=O. The molecule has 1 aromatic carbocycles. The van der Waals surface area contributed by atoms with Crippen molar-refractivity contribution in [2.45, 2.75) is 12.2 Å². The lowest BCUT2D eigenvalue weighted by atomic mass is 10.0. The molecular weight excluding hydrogens is 297 g/mol. The van der Waals surface area contributed by atoms with Gasteiger partial charge in [-0.3, -0.25) is 9.59 Å². The quantitative estimate of drug-likeness (QED) is 0.632. The number of anilines is 1. The summed E-state index contributed by atoms with van der Waals surface area (Å²) in [7, 11) is 1.46. The van der Waals surface area contributed by atoms with Crippen molar-refractivity contribution in [3.8, 4) is 0 Å².